The maximum atomic E-state index is 13.4. The molecule has 1 aromatic heterocycles. The SMILES string of the molecule is O=C(NCCCc1nc2ccccc2n1CC(=O)N1CCCc2ccccc21)c1ccccc1Cl. The van der Waals surface area contributed by atoms with Gasteiger partial charge >= 0.3 is 0 Å². The number of aromatic nitrogens is 2. The zero-order valence-electron chi connectivity index (χ0n) is 19.4. The minimum atomic E-state index is -0.192. The lowest BCUT2D eigenvalue weighted by Gasteiger charge is -2.29. The van der Waals surface area contributed by atoms with E-state index >= 15 is 0 Å². The summed E-state index contributed by atoms with van der Waals surface area (Å²) < 4.78 is 2.02. The fraction of sp³-hybridized carbons (Fsp3) is 0.250. The highest BCUT2D eigenvalue weighted by atomic mass is 35.5. The molecule has 2 heterocycles. The van der Waals surface area contributed by atoms with Crippen LogP contribution in [-0.4, -0.2) is 34.5 Å². The third kappa shape index (κ3) is 4.93. The number of rotatable bonds is 7. The van der Waals surface area contributed by atoms with E-state index in [2.05, 4.69) is 11.4 Å². The van der Waals surface area contributed by atoms with E-state index in [1.54, 1.807) is 24.3 Å². The standard InChI is InChI=1S/C28H27ClN4O2/c29-22-12-3-2-11-21(22)28(35)30-17-7-16-26-31-23-13-4-6-15-25(23)33(26)19-27(34)32-18-8-10-20-9-1-5-14-24(20)32/h1-6,9,11-15H,7-8,10,16-19H2,(H,30,35). The molecule has 1 N–H and O–H groups in total. The molecule has 5 rings (SSSR count). The quantitative estimate of drug-likeness (QED) is 0.372. The van der Waals surface area contributed by atoms with Gasteiger partial charge < -0.3 is 14.8 Å². The number of para-hydroxylation sites is 3. The molecule has 0 aliphatic carbocycles. The molecule has 4 aromatic rings. The number of amides is 2. The van der Waals surface area contributed by atoms with Crippen LogP contribution in [0, 0.1) is 0 Å². The summed E-state index contributed by atoms with van der Waals surface area (Å²) in [5, 5.41) is 3.37. The van der Waals surface area contributed by atoms with E-state index in [1.807, 2.05) is 51.9 Å². The summed E-state index contributed by atoms with van der Waals surface area (Å²) in [6.07, 6.45) is 3.30. The van der Waals surface area contributed by atoms with E-state index in [0.29, 0.717) is 30.0 Å². The number of anilines is 1. The van der Waals surface area contributed by atoms with Crippen LogP contribution >= 0.6 is 11.6 Å². The van der Waals surface area contributed by atoms with Crippen molar-refractivity contribution in [1.82, 2.24) is 14.9 Å². The Bertz CT molecular complexity index is 1380. The molecular formula is C28H27ClN4O2. The molecular weight excluding hydrogens is 460 g/mol. The van der Waals surface area contributed by atoms with E-state index in [-0.39, 0.29) is 18.4 Å². The lowest BCUT2D eigenvalue weighted by Crippen LogP contribution is -2.38. The van der Waals surface area contributed by atoms with Crippen molar-refractivity contribution in [2.45, 2.75) is 32.2 Å². The Balaban J connectivity index is 1.29. The van der Waals surface area contributed by atoms with Gasteiger partial charge in [0.2, 0.25) is 5.91 Å². The average Bonchev–Trinajstić information content (AvgIpc) is 3.23. The fourth-order valence-electron chi connectivity index (χ4n) is 4.69. The Morgan fingerprint density at radius 2 is 1.74 bits per heavy atom. The van der Waals surface area contributed by atoms with Gasteiger partial charge in [-0.25, -0.2) is 4.98 Å². The molecule has 0 radical (unpaired) electrons. The van der Waals surface area contributed by atoms with Crippen molar-refractivity contribution >= 4 is 40.1 Å². The summed E-state index contributed by atoms with van der Waals surface area (Å²) in [5.74, 6) is 0.716. The molecule has 1 aliphatic heterocycles. The summed E-state index contributed by atoms with van der Waals surface area (Å²) in [4.78, 5) is 32.6. The number of hydrogen-bond acceptors (Lipinski definition) is 3. The predicted molar refractivity (Wildman–Crippen MR) is 139 cm³/mol. The minimum Gasteiger partial charge on any atom is -0.352 e. The lowest BCUT2D eigenvalue weighted by atomic mass is 10.0. The molecule has 0 unspecified atom stereocenters. The second kappa shape index (κ2) is 10.3. The number of carbonyl (C=O) groups excluding carboxylic acids is 2. The van der Waals surface area contributed by atoms with Crippen molar-refractivity contribution in [3.63, 3.8) is 0 Å². The van der Waals surface area contributed by atoms with Crippen LogP contribution < -0.4 is 10.2 Å². The first kappa shape index (κ1) is 23.1. The average molecular weight is 487 g/mol. The molecule has 0 fully saturated rings. The van der Waals surface area contributed by atoms with Crippen molar-refractivity contribution in [3.8, 4) is 0 Å². The summed E-state index contributed by atoms with van der Waals surface area (Å²) in [5.41, 5.74) is 4.51. The van der Waals surface area contributed by atoms with Crippen LogP contribution in [0.25, 0.3) is 11.0 Å². The number of carbonyl (C=O) groups is 2. The Morgan fingerprint density at radius 1 is 0.971 bits per heavy atom. The van der Waals surface area contributed by atoms with Crippen LogP contribution in [0.4, 0.5) is 5.69 Å². The zero-order chi connectivity index (χ0) is 24.2. The molecule has 0 spiro atoms. The Hall–Kier alpha value is -3.64. The van der Waals surface area contributed by atoms with Crippen molar-refractivity contribution in [2.75, 3.05) is 18.0 Å². The molecule has 1 aliphatic rings. The van der Waals surface area contributed by atoms with Crippen LogP contribution in [0.3, 0.4) is 0 Å². The minimum absolute atomic E-state index is 0.0635. The van der Waals surface area contributed by atoms with E-state index in [9.17, 15) is 9.59 Å². The normalized spacial score (nSPS) is 13.0. The van der Waals surface area contributed by atoms with Crippen molar-refractivity contribution in [2.24, 2.45) is 0 Å². The number of fused-ring (bicyclic) bond motifs is 2. The molecule has 7 heteroatoms. The van der Waals surface area contributed by atoms with Crippen LogP contribution in [0.1, 0.15) is 34.6 Å². The molecule has 6 nitrogen and oxygen atoms in total. The lowest BCUT2D eigenvalue weighted by molar-refractivity contribution is -0.119. The van der Waals surface area contributed by atoms with Gasteiger partial charge in [0.1, 0.15) is 12.4 Å². The van der Waals surface area contributed by atoms with E-state index in [4.69, 9.17) is 16.6 Å². The summed E-state index contributed by atoms with van der Waals surface area (Å²) in [6, 6.07) is 23.0. The van der Waals surface area contributed by atoms with Crippen LogP contribution in [0.2, 0.25) is 5.02 Å². The number of nitrogens with one attached hydrogen (secondary N) is 1. The largest absolute Gasteiger partial charge is 0.352 e. The Labute approximate surface area is 209 Å². The first-order valence-corrected chi connectivity index (χ1v) is 12.3. The molecule has 0 atom stereocenters. The van der Waals surface area contributed by atoms with E-state index in [0.717, 1.165) is 41.9 Å². The van der Waals surface area contributed by atoms with Crippen LogP contribution in [-0.2, 0) is 24.2 Å². The van der Waals surface area contributed by atoms with Gasteiger partial charge in [-0.1, -0.05) is 54.1 Å². The van der Waals surface area contributed by atoms with Gasteiger partial charge in [-0.3, -0.25) is 9.59 Å². The molecule has 178 valence electrons. The number of halogens is 1. The predicted octanol–water partition coefficient (Wildman–Crippen LogP) is 5.03. The van der Waals surface area contributed by atoms with E-state index in [1.165, 1.54) is 5.56 Å². The molecule has 0 bridgehead atoms. The topological polar surface area (TPSA) is 67.2 Å². The molecule has 2 amide bonds. The van der Waals surface area contributed by atoms with Gasteiger partial charge in [0, 0.05) is 25.2 Å². The molecule has 35 heavy (non-hydrogen) atoms. The third-order valence-electron chi connectivity index (χ3n) is 6.42. The van der Waals surface area contributed by atoms with Gasteiger partial charge in [-0.15, -0.1) is 0 Å². The number of nitrogens with zero attached hydrogens (tertiary/aromatic N) is 3. The highest BCUT2D eigenvalue weighted by Gasteiger charge is 2.24. The van der Waals surface area contributed by atoms with E-state index < -0.39 is 0 Å². The van der Waals surface area contributed by atoms with Crippen molar-refractivity contribution in [3.05, 3.63) is 94.8 Å². The first-order valence-electron chi connectivity index (χ1n) is 12.0. The molecule has 3 aromatic carbocycles. The summed E-state index contributed by atoms with van der Waals surface area (Å²) in [6.45, 7) is 1.45. The fourth-order valence-corrected chi connectivity index (χ4v) is 4.92. The smallest absolute Gasteiger partial charge is 0.252 e. The molecule has 0 saturated carbocycles. The first-order chi connectivity index (χ1) is 17.1. The Morgan fingerprint density at radius 3 is 2.63 bits per heavy atom. The maximum absolute atomic E-state index is 13.4. The second-order valence-corrected chi connectivity index (χ2v) is 9.13. The number of aryl methyl sites for hydroxylation is 2. The number of benzene rings is 3. The maximum Gasteiger partial charge on any atom is 0.252 e. The van der Waals surface area contributed by atoms with Crippen LogP contribution in [0.15, 0.2) is 72.8 Å². The zero-order valence-corrected chi connectivity index (χ0v) is 20.2. The Kier molecular flexibility index (Phi) is 6.82. The van der Waals surface area contributed by atoms with Crippen molar-refractivity contribution < 1.29 is 9.59 Å². The summed E-state index contributed by atoms with van der Waals surface area (Å²) in [7, 11) is 0. The number of imidazole rings is 1. The van der Waals surface area contributed by atoms with Gasteiger partial charge in [0.05, 0.1) is 21.6 Å². The molecule has 0 saturated heterocycles. The van der Waals surface area contributed by atoms with Crippen LogP contribution in [0.5, 0.6) is 0 Å². The van der Waals surface area contributed by atoms with Crippen molar-refractivity contribution in [1.29, 1.82) is 0 Å². The van der Waals surface area contributed by atoms with Gasteiger partial charge in [-0.05, 0) is 55.2 Å². The highest BCUT2D eigenvalue weighted by Crippen LogP contribution is 2.27. The second-order valence-electron chi connectivity index (χ2n) is 8.72. The van der Waals surface area contributed by atoms with Gasteiger partial charge in [-0.2, -0.15) is 0 Å². The monoisotopic (exact) mass is 486 g/mol. The number of hydrogen-bond donors (Lipinski definition) is 1. The third-order valence-corrected chi connectivity index (χ3v) is 6.75. The summed E-state index contributed by atoms with van der Waals surface area (Å²) >= 11 is 6.13. The van der Waals surface area contributed by atoms with Gasteiger partial charge in [0.25, 0.3) is 5.91 Å². The van der Waals surface area contributed by atoms with Gasteiger partial charge in [0.15, 0.2) is 0 Å². The highest BCUT2D eigenvalue weighted by molar-refractivity contribution is 6.33.